The van der Waals surface area contributed by atoms with Gasteiger partial charge in [-0.2, -0.15) is 0 Å². The van der Waals surface area contributed by atoms with Crippen molar-refractivity contribution in [1.82, 2.24) is 0 Å². The smallest absolute Gasteiger partial charge is 0.311 e. The highest BCUT2D eigenvalue weighted by Crippen LogP contribution is 2.27. The number of carbonyl (C=O) groups is 1. The number of esters is 1. The molecule has 0 aliphatic rings. The van der Waals surface area contributed by atoms with E-state index in [-0.39, 0.29) is 35.4 Å². The van der Waals surface area contributed by atoms with Gasteiger partial charge in [-0.25, -0.2) is 0 Å². The Balaban J connectivity index is 0. The second kappa shape index (κ2) is 6.79. The number of halogens is 1. The van der Waals surface area contributed by atoms with Crippen molar-refractivity contribution in [3.05, 3.63) is 0 Å². The van der Waals surface area contributed by atoms with Crippen LogP contribution in [0.15, 0.2) is 0 Å². The average Bonchev–Trinajstić information content (AvgIpc) is 2.01. The second-order valence-electron chi connectivity index (χ2n) is 6.03. The molecule has 4 heteroatoms. The third kappa shape index (κ3) is 6.68. The lowest BCUT2D eigenvalue weighted by Crippen LogP contribution is -3.00. The largest absolute Gasteiger partial charge is 1.00 e. The minimum atomic E-state index is -0.384. The highest BCUT2D eigenvalue weighted by Gasteiger charge is 2.32. The lowest BCUT2D eigenvalue weighted by Gasteiger charge is -2.28. The minimum Gasteiger partial charge on any atom is -1.00 e. The Morgan fingerprint density at radius 1 is 1.25 bits per heavy atom. The van der Waals surface area contributed by atoms with Crippen LogP contribution in [0.2, 0.25) is 0 Å². The zero-order chi connectivity index (χ0) is 12.3. The predicted molar refractivity (Wildman–Crippen MR) is 62.5 cm³/mol. The molecular weight excluding hydrogens is 317 g/mol. The van der Waals surface area contributed by atoms with E-state index in [2.05, 4.69) is 21.1 Å². The fraction of sp³-hybridized carbons (Fsp3) is 0.917. The molecule has 0 saturated carbocycles. The van der Waals surface area contributed by atoms with Gasteiger partial charge in [0, 0.05) is 0 Å². The van der Waals surface area contributed by atoms with Gasteiger partial charge < -0.3 is 33.2 Å². The molecule has 98 valence electrons. The molecule has 0 amide bonds. The summed E-state index contributed by atoms with van der Waals surface area (Å²) >= 11 is 0. The number of quaternary nitrogens is 1. The van der Waals surface area contributed by atoms with E-state index in [4.69, 9.17) is 4.74 Å². The quantitative estimate of drug-likeness (QED) is 0.361. The highest BCUT2D eigenvalue weighted by atomic mass is 127. The van der Waals surface area contributed by atoms with Gasteiger partial charge in [-0.05, 0) is 19.8 Å². The number of ether oxygens (including phenoxy) is 1. The van der Waals surface area contributed by atoms with Crippen molar-refractivity contribution in [2.45, 2.75) is 27.7 Å². The molecule has 0 saturated heterocycles. The SMILES string of the molecule is CC(C)C(C)(C)C(=O)OCC[N+](C)(C)C.[I-]. The maximum absolute atomic E-state index is 11.8. The first-order valence-corrected chi connectivity index (χ1v) is 5.55. The predicted octanol–water partition coefficient (Wildman–Crippen LogP) is -1.08. The van der Waals surface area contributed by atoms with Gasteiger partial charge in [0.15, 0.2) is 0 Å². The molecule has 0 heterocycles. The van der Waals surface area contributed by atoms with Crippen molar-refractivity contribution in [3.63, 3.8) is 0 Å². The Labute approximate surface area is 117 Å². The van der Waals surface area contributed by atoms with E-state index in [0.717, 1.165) is 11.0 Å². The Bertz CT molecular complexity index is 220. The van der Waals surface area contributed by atoms with E-state index in [1.807, 2.05) is 27.7 Å². The van der Waals surface area contributed by atoms with Gasteiger partial charge in [0.1, 0.15) is 13.2 Å². The Kier molecular flexibility index (Phi) is 7.86. The van der Waals surface area contributed by atoms with Gasteiger partial charge in [0.2, 0.25) is 0 Å². The van der Waals surface area contributed by atoms with Crippen LogP contribution in [0.25, 0.3) is 0 Å². The molecule has 0 fully saturated rings. The van der Waals surface area contributed by atoms with E-state index >= 15 is 0 Å². The zero-order valence-corrected chi connectivity index (χ0v) is 13.8. The third-order valence-corrected chi connectivity index (χ3v) is 2.96. The normalized spacial score (nSPS) is 12.2. The Morgan fingerprint density at radius 2 is 1.69 bits per heavy atom. The van der Waals surface area contributed by atoms with E-state index in [9.17, 15) is 4.79 Å². The first kappa shape index (κ1) is 18.5. The van der Waals surface area contributed by atoms with Crippen LogP contribution in [0.1, 0.15) is 27.7 Å². The molecule has 0 bridgehead atoms. The van der Waals surface area contributed by atoms with Gasteiger partial charge in [-0.15, -0.1) is 0 Å². The highest BCUT2D eigenvalue weighted by molar-refractivity contribution is 5.76. The fourth-order valence-corrected chi connectivity index (χ4v) is 0.834. The molecule has 0 rings (SSSR count). The number of nitrogens with zero attached hydrogens (tertiary/aromatic N) is 1. The summed E-state index contributed by atoms with van der Waals surface area (Å²) in [5.74, 6) is 0.208. The van der Waals surface area contributed by atoms with Crippen molar-refractivity contribution in [2.24, 2.45) is 11.3 Å². The summed E-state index contributed by atoms with van der Waals surface area (Å²) in [5, 5.41) is 0. The molecule has 0 N–H and O–H groups in total. The summed E-state index contributed by atoms with van der Waals surface area (Å²) in [6.07, 6.45) is 0. The third-order valence-electron chi connectivity index (χ3n) is 2.96. The Hall–Kier alpha value is 0.160. The van der Waals surface area contributed by atoms with E-state index in [0.29, 0.717) is 12.5 Å². The van der Waals surface area contributed by atoms with E-state index < -0.39 is 0 Å². The first-order chi connectivity index (χ1) is 6.57. The van der Waals surface area contributed by atoms with Gasteiger partial charge >= 0.3 is 5.97 Å². The molecule has 0 aromatic heterocycles. The second-order valence-corrected chi connectivity index (χ2v) is 6.03. The molecule has 0 unspecified atom stereocenters. The van der Waals surface area contributed by atoms with Gasteiger partial charge in [-0.3, -0.25) is 4.79 Å². The summed E-state index contributed by atoms with van der Waals surface area (Å²) in [6.45, 7) is 9.30. The summed E-state index contributed by atoms with van der Waals surface area (Å²) in [6, 6.07) is 0. The van der Waals surface area contributed by atoms with Gasteiger partial charge in [0.25, 0.3) is 0 Å². The van der Waals surface area contributed by atoms with Crippen molar-refractivity contribution < 1.29 is 38.0 Å². The summed E-state index contributed by atoms with van der Waals surface area (Å²) in [5.41, 5.74) is -0.384. The van der Waals surface area contributed by atoms with Crippen LogP contribution in [-0.2, 0) is 9.53 Å². The van der Waals surface area contributed by atoms with Crippen LogP contribution in [0.5, 0.6) is 0 Å². The van der Waals surface area contributed by atoms with Crippen molar-refractivity contribution in [1.29, 1.82) is 0 Å². The molecular formula is C12H26INO2. The number of hydrogen-bond donors (Lipinski definition) is 0. The topological polar surface area (TPSA) is 26.3 Å². The molecule has 3 nitrogen and oxygen atoms in total. The van der Waals surface area contributed by atoms with Crippen molar-refractivity contribution >= 4 is 5.97 Å². The maximum Gasteiger partial charge on any atom is 0.311 e. The number of rotatable bonds is 5. The van der Waals surface area contributed by atoms with E-state index in [1.54, 1.807) is 0 Å². The maximum atomic E-state index is 11.8. The first-order valence-electron chi connectivity index (χ1n) is 5.55. The summed E-state index contributed by atoms with van der Waals surface area (Å²) in [4.78, 5) is 11.8. The molecule has 0 radical (unpaired) electrons. The lowest BCUT2D eigenvalue weighted by molar-refractivity contribution is -0.870. The van der Waals surface area contributed by atoms with Gasteiger partial charge in [0.05, 0.1) is 26.6 Å². The molecule has 0 aliphatic carbocycles. The fourth-order valence-electron chi connectivity index (χ4n) is 0.834. The Morgan fingerprint density at radius 3 is 2.00 bits per heavy atom. The monoisotopic (exact) mass is 343 g/mol. The number of hydrogen-bond acceptors (Lipinski definition) is 2. The molecule has 0 aromatic carbocycles. The van der Waals surface area contributed by atoms with Crippen LogP contribution in [0.4, 0.5) is 0 Å². The van der Waals surface area contributed by atoms with Crippen molar-refractivity contribution in [3.8, 4) is 0 Å². The van der Waals surface area contributed by atoms with Crippen LogP contribution < -0.4 is 24.0 Å². The van der Waals surface area contributed by atoms with Crippen molar-refractivity contribution in [2.75, 3.05) is 34.3 Å². The number of carbonyl (C=O) groups excluding carboxylic acids is 1. The molecule has 0 aromatic rings. The summed E-state index contributed by atoms with van der Waals surface area (Å²) < 4.78 is 6.10. The molecule has 0 atom stereocenters. The standard InChI is InChI=1S/C12H26NO2.HI/c1-10(2)12(3,4)11(14)15-9-8-13(5,6)7;/h10H,8-9H2,1-7H3;1H/q+1;/p-1. The van der Waals surface area contributed by atoms with Crippen LogP contribution in [0, 0.1) is 11.3 Å². The van der Waals surface area contributed by atoms with Crippen LogP contribution >= 0.6 is 0 Å². The average molecular weight is 343 g/mol. The summed E-state index contributed by atoms with van der Waals surface area (Å²) in [7, 11) is 6.25. The molecule has 16 heavy (non-hydrogen) atoms. The molecule has 0 aliphatic heterocycles. The van der Waals surface area contributed by atoms with E-state index in [1.165, 1.54) is 0 Å². The number of likely N-dealkylation sites (N-methyl/N-ethyl adjacent to an activating group) is 1. The zero-order valence-electron chi connectivity index (χ0n) is 11.6. The molecule has 0 spiro atoms. The van der Waals surface area contributed by atoms with Crippen LogP contribution in [0.3, 0.4) is 0 Å². The van der Waals surface area contributed by atoms with Crippen LogP contribution in [-0.4, -0.2) is 44.7 Å². The lowest BCUT2D eigenvalue weighted by atomic mass is 9.81. The minimum absolute atomic E-state index is 0. The van der Waals surface area contributed by atoms with Gasteiger partial charge in [-0.1, -0.05) is 13.8 Å².